The summed E-state index contributed by atoms with van der Waals surface area (Å²) < 4.78 is 10.9. The van der Waals surface area contributed by atoms with Gasteiger partial charge in [0.2, 0.25) is 17.5 Å². The number of ketones is 2. The molecule has 1 heterocycles. The summed E-state index contributed by atoms with van der Waals surface area (Å²) >= 11 is 0. The molecule has 0 spiro atoms. The standard InChI is InChI=1S/C24H24N2O5/c1-3-31-18-10-8-17(9-11-18)26(16(2)27)22-21(25-12-14-30-15-13-25)23(28)19-6-4-5-7-20(19)24(22)29/h4-11H,3,12-15H2,1-2H3. The Kier molecular flexibility index (Phi) is 5.86. The molecule has 4 rings (SSSR count). The summed E-state index contributed by atoms with van der Waals surface area (Å²) in [6, 6.07) is 13.7. The first-order valence-electron chi connectivity index (χ1n) is 10.3. The monoisotopic (exact) mass is 420 g/mol. The van der Waals surface area contributed by atoms with Crippen LogP contribution in [0.15, 0.2) is 59.9 Å². The van der Waals surface area contributed by atoms with Gasteiger partial charge < -0.3 is 14.4 Å². The molecule has 1 aliphatic carbocycles. The molecule has 1 fully saturated rings. The third kappa shape index (κ3) is 3.84. The lowest BCUT2D eigenvalue weighted by atomic mass is 9.88. The Morgan fingerprint density at radius 1 is 1.00 bits per heavy atom. The minimum absolute atomic E-state index is 0.0854. The first-order chi connectivity index (χ1) is 15.0. The number of carbonyl (C=O) groups excluding carboxylic acids is 3. The van der Waals surface area contributed by atoms with Crippen molar-refractivity contribution in [2.24, 2.45) is 0 Å². The van der Waals surface area contributed by atoms with Crippen molar-refractivity contribution in [1.82, 2.24) is 4.90 Å². The fourth-order valence-corrected chi connectivity index (χ4v) is 3.96. The van der Waals surface area contributed by atoms with Gasteiger partial charge in [-0.3, -0.25) is 19.3 Å². The summed E-state index contributed by atoms with van der Waals surface area (Å²) in [5, 5.41) is 0. The number of fused-ring (bicyclic) bond motifs is 1. The number of carbonyl (C=O) groups is 3. The number of morpholine rings is 1. The van der Waals surface area contributed by atoms with Crippen LogP contribution >= 0.6 is 0 Å². The summed E-state index contributed by atoms with van der Waals surface area (Å²) in [6.07, 6.45) is 0. The van der Waals surface area contributed by atoms with E-state index >= 15 is 0 Å². The summed E-state index contributed by atoms with van der Waals surface area (Å²) in [5.41, 5.74) is 1.49. The highest BCUT2D eigenvalue weighted by atomic mass is 16.5. The van der Waals surface area contributed by atoms with Crippen LogP contribution in [-0.2, 0) is 9.53 Å². The van der Waals surface area contributed by atoms with Crippen LogP contribution in [0.2, 0.25) is 0 Å². The summed E-state index contributed by atoms with van der Waals surface area (Å²) in [6.45, 7) is 5.62. The summed E-state index contributed by atoms with van der Waals surface area (Å²) in [4.78, 5) is 43.1. The smallest absolute Gasteiger partial charge is 0.228 e. The molecule has 2 aromatic carbocycles. The van der Waals surface area contributed by atoms with Crippen LogP contribution in [0, 0.1) is 0 Å². The average Bonchev–Trinajstić information content (AvgIpc) is 2.79. The van der Waals surface area contributed by atoms with Crippen LogP contribution in [0.25, 0.3) is 0 Å². The van der Waals surface area contributed by atoms with Crippen LogP contribution in [0.3, 0.4) is 0 Å². The Balaban J connectivity index is 1.89. The number of Topliss-reactive ketones (excluding diaryl/α,β-unsaturated/α-hetero) is 2. The lowest BCUT2D eigenvalue weighted by Gasteiger charge is -2.36. The van der Waals surface area contributed by atoms with Crippen molar-refractivity contribution >= 4 is 23.2 Å². The van der Waals surface area contributed by atoms with Crippen molar-refractivity contribution < 1.29 is 23.9 Å². The topological polar surface area (TPSA) is 76.2 Å². The second-order valence-corrected chi connectivity index (χ2v) is 7.28. The molecule has 2 aromatic rings. The summed E-state index contributed by atoms with van der Waals surface area (Å²) in [5.74, 6) is -0.302. The second-order valence-electron chi connectivity index (χ2n) is 7.28. The van der Waals surface area contributed by atoms with Crippen molar-refractivity contribution in [3.05, 3.63) is 71.1 Å². The molecule has 2 aliphatic rings. The van der Waals surface area contributed by atoms with E-state index in [2.05, 4.69) is 0 Å². The fraction of sp³-hybridized carbons (Fsp3) is 0.292. The van der Waals surface area contributed by atoms with Gasteiger partial charge in [-0.25, -0.2) is 0 Å². The number of allylic oxidation sites excluding steroid dienone is 2. The molecule has 0 bridgehead atoms. The second kappa shape index (κ2) is 8.73. The first kappa shape index (κ1) is 20.8. The maximum atomic E-state index is 13.6. The molecular weight excluding hydrogens is 396 g/mol. The third-order valence-corrected chi connectivity index (χ3v) is 5.34. The number of rotatable bonds is 5. The Morgan fingerprint density at radius 2 is 1.61 bits per heavy atom. The van der Waals surface area contributed by atoms with Gasteiger partial charge in [-0.15, -0.1) is 0 Å². The van der Waals surface area contributed by atoms with Crippen LogP contribution in [0.1, 0.15) is 34.6 Å². The maximum Gasteiger partial charge on any atom is 0.228 e. The molecule has 31 heavy (non-hydrogen) atoms. The van der Waals surface area contributed by atoms with E-state index in [1.165, 1.54) is 11.8 Å². The predicted octanol–water partition coefficient (Wildman–Crippen LogP) is 3.06. The summed E-state index contributed by atoms with van der Waals surface area (Å²) in [7, 11) is 0. The number of hydrogen-bond acceptors (Lipinski definition) is 6. The van der Waals surface area contributed by atoms with E-state index < -0.39 is 0 Å². The average molecular weight is 420 g/mol. The SMILES string of the molecule is CCOc1ccc(N(C(C)=O)C2=C(N3CCOCC3)C(=O)c3ccccc3C2=O)cc1. The quantitative estimate of drug-likeness (QED) is 0.740. The van der Waals surface area contributed by atoms with Crippen LogP contribution in [0.4, 0.5) is 5.69 Å². The van der Waals surface area contributed by atoms with Gasteiger partial charge in [0.1, 0.15) is 17.1 Å². The molecule has 0 radical (unpaired) electrons. The lowest BCUT2D eigenvalue weighted by molar-refractivity contribution is -0.116. The fourth-order valence-electron chi connectivity index (χ4n) is 3.96. The van der Waals surface area contributed by atoms with Gasteiger partial charge in [-0.05, 0) is 31.2 Å². The molecule has 160 valence electrons. The van der Waals surface area contributed by atoms with Crippen molar-refractivity contribution in [1.29, 1.82) is 0 Å². The van der Waals surface area contributed by atoms with Crippen molar-refractivity contribution in [2.45, 2.75) is 13.8 Å². The van der Waals surface area contributed by atoms with E-state index in [4.69, 9.17) is 9.47 Å². The number of hydrogen-bond donors (Lipinski definition) is 0. The number of ether oxygens (including phenoxy) is 2. The number of amides is 1. The predicted molar refractivity (Wildman–Crippen MR) is 115 cm³/mol. The maximum absolute atomic E-state index is 13.6. The number of nitrogens with zero attached hydrogens (tertiary/aromatic N) is 2. The van der Waals surface area contributed by atoms with E-state index in [1.807, 2.05) is 11.8 Å². The highest BCUT2D eigenvalue weighted by molar-refractivity contribution is 6.29. The molecule has 0 N–H and O–H groups in total. The normalized spacial score (nSPS) is 16.3. The molecule has 7 heteroatoms. The molecule has 0 unspecified atom stereocenters. The molecule has 1 amide bonds. The van der Waals surface area contributed by atoms with Gasteiger partial charge in [0.25, 0.3) is 0 Å². The Hall–Kier alpha value is -3.45. The van der Waals surface area contributed by atoms with Crippen molar-refractivity contribution in [3.8, 4) is 5.75 Å². The van der Waals surface area contributed by atoms with E-state index in [0.29, 0.717) is 55.5 Å². The minimum Gasteiger partial charge on any atom is -0.494 e. The highest BCUT2D eigenvalue weighted by Crippen LogP contribution is 2.34. The molecule has 0 atom stereocenters. The van der Waals surface area contributed by atoms with Gasteiger partial charge in [0.05, 0.1) is 19.8 Å². The van der Waals surface area contributed by atoms with Crippen molar-refractivity contribution in [3.63, 3.8) is 0 Å². The first-order valence-corrected chi connectivity index (χ1v) is 10.3. The van der Waals surface area contributed by atoms with E-state index in [9.17, 15) is 14.4 Å². The van der Waals surface area contributed by atoms with E-state index in [-0.39, 0.29) is 28.9 Å². The van der Waals surface area contributed by atoms with Gasteiger partial charge >= 0.3 is 0 Å². The van der Waals surface area contributed by atoms with Crippen LogP contribution in [0.5, 0.6) is 5.75 Å². The molecule has 1 aliphatic heterocycles. The minimum atomic E-state index is -0.356. The lowest BCUT2D eigenvalue weighted by Crippen LogP contribution is -2.45. The Bertz CT molecular complexity index is 1050. The van der Waals surface area contributed by atoms with Crippen LogP contribution < -0.4 is 9.64 Å². The van der Waals surface area contributed by atoms with E-state index in [0.717, 1.165) is 0 Å². The molecule has 1 saturated heterocycles. The molecule has 0 aromatic heterocycles. The van der Waals surface area contributed by atoms with Crippen molar-refractivity contribution in [2.75, 3.05) is 37.8 Å². The number of anilines is 1. The van der Waals surface area contributed by atoms with Gasteiger partial charge in [-0.2, -0.15) is 0 Å². The Morgan fingerprint density at radius 3 is 2.19 bits per heavy atom. The molecular formula is C24H24N2O5. The van der Waals surface area contributed by atoms with Gasteiger partial charge in [0, 0.05) is 36.8 Å². The largest absolute Gasteiger partial charge is 0.494 e. The van der Waals surface area contributed by atoms with Crippen LogP contribution in [-0.4, -0.2) is 55.3 Å². The third-order valence-electron chi connectivity index (χ3n) is 5.34. The van der Waals surface area contributed by atoms with Gasteiger partial charge in [0.15, 0.2) is 0 Å². The Labute approximate surface area is 180 Å². The van der Waals surface area contributed by atoms with E-state index in [1.54, 1.807) is 48.5 Å². The molecule has 0 saturated carbocycles. The molecule has 7 nitrogen and oxygen atoms in total. The zero-order chi connectivity index (χ0) is 22.0. The number of benzene rings is 2. The van der Waals surface area contributed by atoms with Gasteiger partial charge in [-0.1, -0.05) is 24.3 Å². The highest BCUT2D eigenvalue weighted by Gasteiger charge is 2.39. The zero-order valence-electron chi connectivity index (χ0n) is 17.6. The zero-order valence-corrected chi connectivity index (χ0v) is 17.6.